The molecular weight excluding hydrogens is 267 g/mol. The van der Waals surface area contributed by atoms with Crippen LogP contribution in [0.4, 0.5) is 13.2 Å². The summed E-state index contributed by atoms with van der Waals surface area (Å²) < 4.78 is 43.5. The van der Waals surface area contributed by atoms with Crippen LogP contribution in [0.2, 0.25) is 0 Å². The Bertz CT molecular complexity index is 424. The first-order chi connectivity index (χ1) is 9.12. The summed E-state index contributed by atoms with van der Waals surface area (Å²) in [4.78, 5) is 0. The molecule has 0 heterocycles. The van der Waals surface area contributed by atoms with Crippen LogP contribution in [0.3, 0.4) is 0 Å². The van der Waals surface area contributed by atoms with E-state index < -0.39 is 11.7 Å². The quantitative estimate of drug-likeness (QED) is 0.875. The third-order valence-electron chi connectivity index (χ3n) is 2.78. The standard InChI is InChI=1S/C15H22F3NO/c1-5-12(10-19-14(2,3)4)20-13-8-6-7-11(9-13)15(16,17)18/h6-9,12,19H,5,10H2,1-4H3. The smallest absolute Gasteiger partial charge is 0.416 e. The highest BCUT2D eigenvalue weighted by molar-refractivity contribution is 5.30. The minimum Gasteiger partial charge on any atom is -0.489 e. The molecule has 0 aromatic heterocycles. The van der Waals surface area contributed by atoms with Gasteiger partial charge >= 0.3 is 6.18 Å². The van der Waals surface area contributed by atoms with Gasteiger partial charge in [0.25, 0.3) is 0 Å². The van der Waals surface area contributed by atoms with Gasteiger partial charge < -0.3 is 10.1 Å². The zero-order chi connectivity index (χ0) is 15.4. The molecule has 0 aliphatic rings. The summed E-state index contributed by atoms with van der Waals surface area (Å²) in [6.45, 7) is 8.64. The molecule has 2 nitrogen and oxygen atoms in total. The van der Waals surface area contributed by atoms with Crippen molar-refractivity contribution >= 4 is 0 Å². The van der Waals surface area contributed by atoms with Crippen molar-refractivity contribution in [1.29, 1.82) is 0 Å². The predicted octanol–water partition coefficient (Wildman–Crippen LogP) is 4.25. The van der Waals surface area contributed by atoms with E-state index in [2.05, 4.69) is 5.32 Å². The molecule has 0 bridgehead atoms. The molecule has 0 amide bonds. The van der Waals surface area contributed by atoms with E-state index in [-0.39, 0.29) is 17.4 Å². The Morgan fingerprint density at radius 2 is 1.85 bits per heavy atom. The van der Waals surface area contributed by atoms with E-state index in [1.54, 1.807) is 6.07 Å². The normalized spacial score (nSPS) is 14.2. The molecule has 1 atom stereocenters. The predicted molar refractivity (Wildman–Crippen MR) is 73.9 cm³/mol. The summed E-state index contributed by atoms with van der Waals surface area (Å²) >= 11 is 0. The SMILES string of the molecule is CCC(CNC(C)(C)C)Oc1cccc(C(F)(F)F)c1. The van der Waals surface area contributed by atoms with Crippen molar-refractivity contribution in [3.8, 4) is 5.75 Å². The lowest BCUT2D eigenvalue weighted by molar-refractivity contribution is -0.137. The molecule has 0 radical (unpaired) electrons. The number of ether oxygens (including phenoxy) is 1. The fraction of sp³-hybridized carbons (Fsp3) is 0.600. The van der Waals surface area contributed by atoms with Crippen molar-refractivity contribution in [2.45, 2.75) is 51.9 Å². The van der Waals surface area contributed by atoms with E-state index in [0.29, 0.717) is 6.54 Å². The van der Waals surface area contributed by atoms with Crippen LogP contribution in [0.1, 0.15) is 39.7 Å². The first kappa shape index (κ1) is 16.8. The third-order valence-corrected chi connectivity index (χ3v) is 2.78. The van der Waals surface area contributed by atoms with Gasteiger partial charge in [0.2, 0.25) is 0 Å². The monoisotopic (exact) mass is 289 g/mol. The minimum atomic E-state index is -4.34. The first-order valence-corrected chi connectivity index (χ1v) is 6.71. The highest BCUT2D eigenvalue weighted by atomic mass is 19.4. The molecule has 1 rings (SSSR count). The summed E-state index contributed by atoms with van der Waals surface area (Å²) in [5.74, 6) is 0.252. The minimum absolute atomic E-state index is 0.0510. The topological polar surface area (TPSA) is 21.3 Å². The van der Waals surface area contributed by atoms with Crippen molar-refractivity contribution in [2.24, 2.45) is 0 Å². The zero-order valence-electron chi connectivity index (χ0n) is 12.3. The van der Waals surface area contributed by atoms with E-state index in [1.807, 2.05) is 27.7 Å². The number of alkyl halides is 3. The summed E-state index contributed by atoms with van der Waals surface area (Å²) in [6.07, 6.45) is -3.78. The van der Waals surface area contributed by atoms with Crippen molar-refractivity contribution in [3.63, 3.8) is 0 Å². The van der Waals surface area contributed by atoms with Gasteiger partial charge in [-0.05, 0) is 45.4 Å². The number of nitrogens with one attached hydrogen (secondary N) is 1. The molecule has 0 fully saturated rings. The lowest BCUT2D eigenvalue weighted by Crippen LogP contribution is -2.42. The van der Waals surface area contributed by atoms with Crippen LogP contribution in [-0.4, -0.2) is 18.2 Å². The second-order valence-corrected chi connectivity index (χ2v) is 5.80. The van der Waals surface area contributed by atoms with Gasteiger partial charge in [0, 0.05) is 12.1 Å². The molecule has 1 aromatic carbocycles. The van der Waals surface area contributed by atoms with Crippen molar-refractivity contribution in [3.05, 3.63) is 29.8 Å². The molecule has 1 N–H and O–H groups in total. The fourth-order valence-electron chi connectivity index (χ4n) is 1.63. The zero-order valence-corrected chi connectivity index (χ0v) is 12.3. The number of halogens is 3. The molecule has 5 heteroatoms. The molecule has 0 aliphatic heterocycles. The Balaban J connectivity index is 2.70. The summed E-state index contributed by atoms with van der Waals surface area (Å²) in [6, 6.07) is 5.00. The molecule has 0 spiro atoms. The Morgan fingerprint density at radius 1 is 1.20 bits per heavy atom. The molecule has 0 saturated heterocycles. The van der Waals surface area contributed by atoms with Crippen LogP contribution in [0.5, 0.6) is 5.75 Å². The van der Waals surface area contributed by atoms with Gasteiger partial charge in [0.05, 0.1) is 5.56 Å². The van der Waals surface area contributed by atoms with Crippen LogP contribution in [0, 0.1) is 0 Å². The Hall–Kier alpha value is -1.23. The largest absolute Gasteiger partial charge is 0.489 e. The maximum atomic E-state index is 12.6. The third kappa shape index (κ3) is 5.82. The fourth-order valence-corrected chi connectivity index (χ4v) is 1.63. The van der Waals surface area contributed by atoms with E-state index >= 15 is 0 Å². The molecule has 1 aromatic rings. The summed E-state index contributed by atoms with van der Waals surface area (Å²) in [5.41, 5.74) is -0.737. The van der Waals surface area contributed by atoms with Crippen LogP contribution in [0.25, 0.3) is 0 Å². The van der Waals surface area contributed by atoms with Crippen LogP contribution >= 0.6 is 0 Å². The maximum absolute atomic E-state index is 12.6. The van der Waals surface area contributed by atoms with Crippen molar-refractivity contribution < 1.29 is 17.9 Å². The summed E-state index contributed by atoms with van der Waals surface area (Å²) in [5, 5.41) is 3.29. The van der Waals surface area contributed by atoms with Gasteiger partial charge in [-0.1, -0.05) is 13.0 Å². The van der Waals surface area contributed by atoms with Gasteiger partial charge in [-0.2, -0.15) is 13.2 Å². The van der Waals surface area contributed by atoms with Crippen molar-refractivity contribution in [2.75, 3.05) is 6.54 Å². The number of benzene rings is 1. The molecule has 0 aliphatic carbocycles. The Morgan fingerprint density at radius 3 is 2.35 bits per heavy atom. The number of rotatable bonds is 5. The van der Waals surface area contributed by atoms with Crippen LogP contribution in [0.15, 0.2) is 24.3 Å². The second kappa shape index (κ2) is 6.48. The Labute approximate surface area is 118 Å². The molecule has 114 valence electrons. The lowest BCUT2D eigenvalue weighted by atomic mass is 10.1. The van der Waals surface area contributed by atoms with E-state index in [9.17, 15) is 13.2 Å². The van der Waals surface area contributed by atoms with Crippen molar-refractivity contribution in [1.82, 2.24) is 5.32 Å². The van der Waals surface area contributed by atoms with Gasteiger partial charge in [-0.25, -0.2) is 0 Å². The van der Waals surface area contributed by atoms with E-state index in [4.69, 9.17) is 4.74 Å². The van der Waals surface area contributed by atoms with Gasteiger partial charge in [-0.15, -0.1) is 0 Å². The molecule has 20 heavy (non-hydrogen) atoms. The summed E-state index contributed by atoms with van der Waals surface area (Å²) in [7, 11) is 0. The maximum Gasteiger partial charge on any atom is 0.416 e. The van der Waals surface area contributed by atoms with Gasteiger partial charge in [0.15, 0.2) is 0 Å². The van der Waals surface area contributed by atoms with E-state index in [1.165, 1.54) is 6.07 Å². The average molecular weight is 289 g/mol. The van der Waals surface area contributed by atoms with Crippen LogP contribution in [-0.2, 0) is 6.18 Å². The molecule has 1 unspecified atom stereocenters. The van der Waals surface area contributed by atoms with Crippen LogP contribution < -0.4 is 10.1 Å². The molecular formula is C15H22F3NO. The number of hydrogen-bond donors (Lipinski definition) is 1. The highest BCUT2D eigenvalue weighted by Gasteiger charge is 2.30. The molecule has 0 saturated carbocycles. The average Bonchev–Trinajstić information content (AvgIpc) is 2.32. The van der Waals surface area contributed by atoms with E-state index in [0.717, 1.165) is 18.6 Å². The number of hydrogen-bond acceptors (Lipinski definition) is 2. The lowest BCUT2D eigenvalue weighted by Gasteiger charge is -2.25. The first-order valence-electron chi connectivity index (χ1n) is 6.71. The second-order valence-electron chi connectivity index (χ2n) is 5.80. The highest BCUT2D eigenvalue weighted by Crippen LogP contribution is 2.31. The van der Waals surface area contributed by atoms with Gasteiger partial charge in [0.1, 0.15) is 11.9 Å². The van der Waals surface area contributed by atoms with Gasteiger partial charge in [-0.3, -0.25) is 0 Å². The Kier molecular flexibility index (Phi) is 5.45.